The minimum Gasteiger partial charge on any atom is -0.366 e. The first-order valence-electron chi connectivity index (χ1n) is 10.9. The van der Waals surface area contributed by atoms with Crippen LogP contribution < -0.4 is 4.90 Å². The van der Waals surface area contributed by atoms with Crippen molar-refractivity contribution in [1.29, 1.82) is 0 Å². The van der Waals surface area contributed by atoms with E-state index in [2.05, 4.69) is 6.08 Å². The molecule has 1 unspecified atom stereocenters. The number of amides is 2. The van der Waals surface area contributed by atoms with Gasteiger partial charge in [-0.1, -0.05) is 23.8 Å². The molecule has 1 aliphatic carbocycles. The van der Waals surface area contributed by atoms with Crippen LogP contribution >= 0.6 is 0 Å². The lowest BCUT2D eigenvalue weighted by Crippen LogP contribution is -2.51. The van der Waals surface area contributed by atoms with E-state index in [4.69, 9.17) is 0 Å². The number of rotatable bonds is 5. The number of halogens is 1. The van der Waals surface area contributed by atoms with Gasteiger partial charge >= 0.3 is 0 Å². The van der Waals surface area contributed by atoms with Crippen LogP contribution in [-0.2, 0) is 9.59 Å². The molecule has 6 heteroatoms. The summed E-state index contributed by atoms with van der Waals surface area (Å²) in [5.74, 6) is -0.282. The number of anilines is 1. The molecular weight excluding hydrogens is 369 g/mol. The van der Waals surface area contributed by atoms with Gasteiger partial charge in [-0.25, -0.2) is 4.39 Å². The lowest BCUT2D eigenvalue weighted by molar-refractivity contribution is -0.136. The largest absolute Gasteiger partial charge is 0.366 e. The number of nitrogens with zero attached hydrogens (tertiary/aromatic N) is 3. The Morgan fingerprint density at radius 2 is 1.90 bits per heavy atom. The lowest BCUT2D eigenvalue weighted by Gasteiger charge is -2.37. The van der Waals surface area contributed by atoms with Crippen LogP contribution in [0.25, 0.3) is 0 Å². The fourth-order valence-electron chi connectivity index (χ4n) is 4.70. The fraction of sp³-hybridized carbons (Fsp3) is 0.565. The van der Waals surface area contributed by atoms with Gasteiger partial charge in [-0.05, 0) is 44.2 Å². The molecule has 1 atom stereocenters. The molecule has 0 radical (unpaired) electrons. The number of para-hydroxylation sites is 1. The molecule has 4 rings (SSSR count). The van der Waals surface area contributed by atoms with Gasteiger partial charge in [0.05, 0.1) is 11.6 Å². The van der Waals surface area contributed by atoms with Crippen LogP contribution in [0.5, 0.6) is 0 Å². The summed E-state index contributed by atoms with van der Waals surface area (Å²) < 4.78 is 14.0. The SMILES string of the molecule is O=C1CC(C(=O)N2CCN(c3ccccc3F)CC2)CN1CCC1=CCCCC1. The minimum atomic E-state index is -0.233. The van der Waals surface area contributed by atoms with E-state index < -0.39 is 0 Å². The minimum absolute atomic E-state index is 0.0749. The van der Waals surface area contributed by atoms with Crippen LogP contribution in [0.15, 0.2) is 35.9 Å². The zero-order valence-electron chi connectivity index (χ0n) is 17.0. The maximum absolute atomic E-state index is 14.0. The first-order valence-corrected chi connectivity index (χ1v) is 10.9. The fourth-order valence-corrected chi connectivity index (χ4v) is 4.70. The van der Waals surface area contributed by atoms with Gasteiger partial charge in [-0.15, -0.1) is 0 Å². The highest BCUT2D eigenvalue weighted by Gasteiger charge is 2.37. The second-order valence-electron chi connectivity index (χ2n) is 8.36. The van der Waals surface area contributed by atoms with Crippen LogP contribution in [-0.4, -0.2) is 60.9 Å². The van der Waals surface area contributed by atoms with Crippen LogP contribution in [0.3, 0.4) is 0 Å². The van der Waals surface area contributed by atoms with Gasteiger partial charge in [0.15, 0.2) is 0 Å². The number of allylic oxidation sites excluding steroid dienone is 1. The second kappa shape index (κ2) is 8.97. The predicted octanol–water partition coefficient (Wildman–Crippen LogP) is 3.21. The Morgan fingerprint density at radius 1 is 1.10 bits per heavy atom. The van der Waals surface area contributed by atoms with Gasteiger partial charge in [-0.3, -0.25) is 9.59 Å². The van der Waals surface area contributed by atoms with Crippen LogP contribution in [0.1, 0.15) is 38.5 Å². The Bertz CT molecular complexity index is 786. The predicted molar refractivity (Wildman–Crippen MR) is 111 cm³/mol. The summed E-state index contributed by atoms with van der Waals surface area (Å²) in [6.45, 7) is 3.65. The average Bonchev–Trinajstić information content (AvgIpc) is 3.13. The van der Waals surface area contributed by atoms with Gasteiger partial charge in [0.2, 0.25) is 11.8 Å². The van der Waals surface area contributed by atoms with Crippen molar-refractivity contribution in [2.45, 2.75) is 38.5 Å². The summed E-state index contributed by atoms with van der Waals surface area (Å²) in [4.78, 5) is 31.1. The number of likely N-dealkylation sites (tertiary alicyclic amines) is 1. The monoisotopic (exact) mass is 399 g/mol. The van der Waals surface area contributed by atoms with Gasteiger partial charge in [0.25, 0.3) is 0 Å². The van der Waals surface area contributed by atoms with Crippen LogP contribution in [0, 0.1) is 11.7 Å². The van der Waals surface area contributed by atoms with Gasteiger partial charge in [0, 0.05) is 45.7 Å². The zero-order chi connectivity index (χ0) is 20.2. The van der Waals surface area contributed by atoms with E-state index in [-0.39, 0.29) is 23.5 Å². The molecule has 2 saturated heterocycles. The first-order chi connectivity index (χ1) is 14.1. The Hall–Kier alpha value is -2.37. The average molecular weight is 400 g/mol. The summed E-state index contributed by atoms with van der Waals surface area (Å²) in [7, 11) is 0. The van der Waals surface area contributed by atoms with E-state index >= 15 is 0 Å². The number of hydrogen-bond donors (Lipinski definition) is 0. The van der Waals surface area contributed by atoms with Crippen molar-refractivity contribution in [2.75, 3.05) is 44.2 Å². The quantitative estimate of drug-likeness (QED) is 0.714. The van der Waals surface area contributed by atoms with Gasteiger partial charge < -0.3 is 14.7 Å². The molecule has 2 fully saturated rings. The summed E-state index contributed by atoms with van der Waals surface area (Å²) in [5.41, 5.74) is 2.06. The number of carbonyl (C=O) groups is 2. The summed E-state index contributed by atoms with van der Waals surface area (Å²) >= 11 is 0. The Labute approximate surface area is 172 Å². The first kappa shape index (κ1) is 19.9. The Balaban J connectivity index is 1.27. The molecule has 1 aromatic carbocycles. The highest BCUT2D eigenvalue weighted by molar-refractivity contribution is 5.89. The lowest BCUT2D eigenvalue weighted by atomic mass is 9.97. The van der Waals surface area contributed by atoms with E-state index in [9.17, 15) is 14.0 Å². The molecule has 0 spiro atoms. The maximum atomic E-state index is 14.0. The molecule has 0 bridgehead atoms. The number of piperazine rings is 1. The van der Waals surface area contributed by atoms with E-state index in [0.29, 0.717) is 44.8 Å². The summed E-state index contributed by atoms with van der Waals surface area (Å²) in [5, 5.41) is 0. The topological polar surface area (TPSA) is 43.9 Å². The third-order valence-corrected chi connectivity index (χ3v) is 6.44. The highest BCUT2D eigenvalue weighted by atomic mass is 19.1. The van der Waals surface area contributed by atoms with Gasteiger partial charge in [-0.2, -0.15) is 0 Å². The molecular formula is C23H30FN3O2. The van der Waals surface area contributed by atoms with Crippen molar-refractivity contribution in [3.63, 3.8) is 0 Å². The van der Waals surface area contributed by atoms with E-state index in [1.165, 1.54) is 24.5 Å². The normalized spacial score (nSPS) is 22.8. The van der Waals surface area contributed by atoms with E-state index in [1.807, 2.05) is 20.8 Å². The number of carbonyl (C=O) groups excluding carboxylic acids is 2. The molecule has 2 aliphatic heterocycles. The molecule has 5 nitrogen and oxygen atoms in total. The molecule has 2 heterocycles. The Kier molecular flexibility index (Phi) is 6.16. The molecule has 0 aromatic heterocycles. The van der Waals surface area contributed by atoms with Crippen molar-refractivity contribution < 1.29 is 14.0 Å². The Morgan fingerprint density at radius 3 is 2.62 bits per heavy atom. The number of hydrogen-bond acceptors (Lipinski definition) is 3. The molecule has 0 N–H and O–H groups in total. The van der Waals surface area contributed by atoms with E-state index in [0.717, 1.165) is 25.8 Å². The molecule has 1 aromatic rings. The zero-order valence-corrected chi connectivity index (χ0v) is 17.0. The molecule has 29 heavy (non-hydrogen) atoms. The number of benzene rings is 1. The standard InChI is InChI=1S/C23H30FN3O2/c24-20-8-4-5-9-21(20)25-12-14-26(15-13-25)23(29)19-16-22(28)27(17-19)11-10-18-6-2-1-3-7-18/h4-6,8-9,19H,1-3,7,10-17H2. The molecule has 3 aliphatic rings. The second-order valence-corrected chi connectivity index (χ2v) is 8.36. The van der Waals surface area contributed by atoms with Crippen molar-refractivity contribution in [3.05, 3.63) is 41.7 Å². The molecule has 0 saturated carbocycles. The van der Waals surface area contributed by atoms with Crippen LogP contribution in [0.4, 0.5) is 10.1 Å². The van der Waals surface area contributed by atoms with Crippen LogP contribution in [0.2, 0.25) is 0 Å². The maximum Gasteiger partial charge on any atom is 0.228 e. The third-order valence-electron chi connectivity index (χ3n) is 6.44. The highest BCUT2D eigenvalue weighted by Crippen LogP contribution is 2.25. The van der Waals surface area contributed by atoms with Gasteiger partial charge in [0.1, 0.15) is 5.82 Å². The summed E-state index contributed by atoms with van der Waals surface area (Å²) in [6.07, 6.45) is 8.41. The smallest absolute Gasteiger partial charge is 0.228 e. The molecule has 156 valence electrons. The van der Waals surface area contributed by atoms with E-state index in [1.54, 1.807) is 12.1 Å². The van der Waals surface area contributed by atoms with Crippen molar-refractivity contribution in [1.82, 2.24) is 9.80 Å². The third kappa shape index (κ3) is 4.62. The van der Waals surface area contributed by atoms with Crippen molar-refractivity contribution in [2.24, 2.45) is 5.92 Å². The van der Waals surface area contributed by atoms with Crippen molar-refractivity contribution in [3.8, 4) is 0 Å². The summed E-state index contributed by atoms with van der Waals surface area (Å²) in [6, 6.07) is 6.77. The van der Waals surface area contributed by atoms with Crippen molar-refractivity contribution >= 4 is 17.5 Å². The molecule has 2 amide bonds.